The molecular weight excluding hydrogens is 474 g/mol. The number of hydrogen-bond acceptors (Lipinski definition) is 7. The van der Waals surface area contributed by atoms with Gasteiger partial charge in [-0.25, -0.2) is 4.98 Å². The minimum absolute atomic E-state index is 0.0395. The molecule has 198 valence electrons. The summed E-state index contributed by atoms with van der Waals surface area (Å²) in [6, 6.07) is 3.89. The van der Waals surface area contributed by atoms with Gasteiger partial charge >= 0.3 is 5.97 Å². The average Bonchev–Trinajstić information content (AvgIpc) is 2.85. The number of methoxy groups -OCH3 is 1. The van der Waals surface area contributed by atoms with Crippen LogP contribution in [0, 0.1) is 29.6 Å². The van der Waals surface area contributed by atoms with E-state index in [2.05, 4.69) is 17.1 Å². The van der Waals surface area contributed by atoms with Gasteiger partial charge in [0.1, 0.15) is 10.8 Å². The maximum atomic E-state index is 13.3. The Hall–Kier alpha value is -1.80. The Morgan fingerprint density at radius 2 is 2.03 bits per heavy atom. The fourth-order valence-electron chi connectivity index (χ4n) is 7.57. The van der Waals surface area contributed by atoms with Crippen LogP contribution in [0.15, 0.2) is 17.2 Å². The van der Waals surface area contributed by atoms with E-state index >= 15 is 0 Å². The molecule has 0 aromatic carbocycles. The molecule has 1 aliphatic heterocycles. The Labute approximate surface area is 219 Å². The highest BCUT2D eigenvalue weighted by atomic mass is 32.2. The number of nitrogens with zero attached hydrogens (tertiary/aromatic N) is 2. The molecule has 2 heterocycles. The van der Waals surface area contributed by atoms with Crippen molar-refractivity contribution in [2.45, 2.75) is 75.3 Å². The molecule has 2 N–H and O–H groups in total. The van der Waals surface area contributed by atoms with E-state index in [9.17, 15) is 14.7 Å². The van der Waals surface area contributed by atoms with Crippen LogP contribution in [0.5, 0.6) is 0 Å². The molecule has 6 rings (SSSR count). The molecule has 4 aliphatic carbocycles. The number of aromatic nitrogens is 1. The molecule has 0 spiro atoms. The van der Waals surface area contributed by atoms with Crippen LogP contribution >= 0.6 is 11.8 Å². The number of carbonyl (C=O) groups excluding carboxylic acids is 2. The maximum Gasteiger partial charge on any atom is 0.305 e. The van der Waals surface area contributed by atoms with Crippen molar-refractivity contribution < 1.29 is 19.4 Å². The Morgan fingerprint density at radius 3 is 2.72 bits per heavy atom. The first-order valence-corrected chi connectivity index (χ1v) is 14.8. The number of rotatable bonds is 9. The first-order valence-electron chi connectivity index (χ1n) is 13.8. The van der Waals surface area contributed by atoms with Gasteiger partial charge in [0, 0.05) is 26.1 Å². The van der Waals surface area contributed by atoms with Crippen LogP contribution in [-0.4, -0.2) is 60.1 Å². The third kappa shape index (κ3) is 5.54. The van der Waals surface area contributed by atoms with E-state index in [1.54, 1.807) is 11.8 Å². The number of thioether (sulfide) groups is 1. The first kappa shape index (κ1) is 25.8. The predicted octanol–water partition coefficient (Wildman–Crippen LogP) is 4.28. The molecule has 0 radical (unpaired) electrons. The molecule has 1 aromatic heterocycles. The number of aliphatic hydroxyl groups is 1. The van der Waals surface area contributed by atoms with Gasteiger partial charge in [0.05, 0.1) is 18.3 Å². The lowest BCUT2D eigenvalue weighted by Gasteiger charge is -2.58. The van der Waals surface area contributed by atoms with Gasteiger partial charge in [-0.3, -0.25) is 9.59 Å². The zero-order valence-electron chi connectivity index (χ0n) is 21.7. The number of hydrogen-bond donors (Lipinski definition) is 2. The number of anilines is 1. The highest BCUT2D eigenvalue weighted by molar-refractivity contribution is 7.99. The Bertz CT molecular complexity index is 956. The number of amides is 1. The first-order chi connectivity index (χ1) is 17.4. The Balaban J connectivity index is 1.25. The normalized spacial score (nSPS) is 33.0. The highest BCUT2D eigenvalue weighted by Gasteiger charge is 2.54. The second-order valence-corrected chi connectivity index (χ2v) is 12.8. The van der Waals surface area contributed by atoms with Crippen LogP contribution in [-0.2, 0) is 9.53 Å². The SMILES string of the molecule is CCCSc1nc(N2CCC[C@@H](CC(=O)OC)C2)ccc1C(=O)NCC1[C@H]2CC3C[C@H]1CC(O)(C3)C2. The van der Waals surface area contributed by atoms with E-state index in [1.165, 1.54) is 20.0 Å². The van der Waals surface area contributed by atoms with E-state index in [1.807, 2.05) is 12.1 Å². The van der Waals surface area contributed by atoms with Gasteiger partial charge in [-0.05, 0) is 98.8 Å². The predicted molar refractivity (Wildman–Crippen MR) is 141 cm³/mol. The second kappa shape index (κ2) is 10.9. The van der Waals surface area contributed by atoms with Gasteiger partial charge in [-0.2, -0.15) is 0 Å². The van der Waals surface area contributed by atoms with Crippen molar-refractivity contribution in [3.05, 3.63) is 17.7 Å². The summed E-state index contributed by atoms with van der Waals surface area (Å²) in [6.07, 6.45) is 8.69. The Kier molecular flexibility index (Phi) is 7.82. The third-order valence-electron chi connectivity index (χ3n) is 8.99. The standard InChI is InChI=1S/C28H41N3O4S/c1-3-9-36-27-22(6-7-24(30-27)31-8-4-5-18(17-31)12-25(32)35-2)26(33)29-16-23-20-10-19-11-21(23)15-28(34,13-19)14-20/h6-7,18-21,23,34H,3-5,8-17H2,1-2H3,(H,29,33)/t18-,19?,20-,21-,23?,28?/m0/s1. The van der Waals surface area contributed by atoms with Crippen LogP contribution in [0.4, 0.5) is 5.82 Å². The summed E-state index contributed by atoms with van der Waals surface area (Å²) in [5, 5.41) is 14.9. The Morgan fingerprint density at radius 1 is 1.25 bits per heavy atom. The molecule has 4 saturated carbocycles. The minimum Gasteiger partial charge on any atom is -0.469 e. The molecule has 1 aromatic rings. The number of ether oxygens (including phenoxy) is 1. The van der Waals surface area contributed by atoms with Crippen molar-refractivity contribution in [3.8, 4) is 0 Å². The van der Waals surface area contributed by atoms with E-state index < -0.39 is 5.60 Å². The van der Waals surface area contributed by atoms with E-state index in [-0.39, 0.29) is 17.8 Å². The summed E-state index contributed by atoms with van der Waals surface area (Å²) in [4.78, 5) is 32.3. The average molecular weight is 516 g/mol. The molecule has 0 unspecified atom stereocenters. The van der Waals surface area contributed by atoms with E-state index in [0.717, 1.165) is 68.2 Å². The number of nitrogens with one attached hydrogen (secondary N) is 1. The molecule has 5 aliphatic rings. The summed E-state index contributed by atoms with van der Waals surface area (Å²) in [5.74, 6) is 4.09. The van der Waals surface area contributed by atoms with Crippen molar-refractivity contribution in [3.63, 3.8) is 0 Å². The van der Waals surface area contributed by atoms with Gasteiger partial charge in [0.25, 0.3) is 5.91 Å². The quantitative estimate of drug-likeness (QED) is 0.375. The molecule has 5 fully saturated rings. The molecule has 1 amide bonds. The summed E-state index contributed by atoms with van der Waals surface area (Å²) < 4.78 is 4.87. The zero-order valence-corrected chi connectivity index (χ0v) is 22.5. The minimum atomic E-state index is -0.439. The molecule has 3 atom stereocenters. The number of carbonyl (C=O) groups is 2. The van der Waals surface area contributed by atoms with Gasteiger partial charge in [-0.1, -0.05) is 6.92 Å². The maximum absolute atomic E-state index is 13.3. The van der Waals surface area contributed by atoms with Crippen LogP contribution in [0.2, 0.25) is 0 Å². The molecule has 8 heteroatoms. The van der Waals surface area contributed by atoms with Crippen molar-refractivity contribution in [2.75, 3.05) is 37.4 Å². The second-order valence-electron chi connectivity index (χ2n) is 11.7. The van der Waals surface area contributed by atoms with E-state index in [4.69, 9.17) is 9.72 Å². The van der Waals surface area contributed by atoms with Gasteiger partial charge in [0.2, 0.25) is 0 Å². The molecule has 36 heavy (non-hydrogen) atoms. The fraction of sp³-hybridized carbons (Fsp3) is 0.750. The summed E-state index contributed by atoms with van der Waals surface area (Å²) in [6.45, 7) is 4.52. The zero-order chi connectivity index (χ0) is 25.3. The van der Waals surface area contributed by atoms with Crippen LogP contribution in [0.3, 0.4) is 0 Å². The molecule has 1 saturated heterocycles. The largest absolute Gasteiger partial charge is 0.469 e. The third-order valence-corrected chi connectivity index (χ3v) is 10.2. The lowest BCUT2D eigenvalue weighted by atomic mass is 9.50. The highest BCUT2D eigenvalue weighted by Crippen LogP contribution is 2.58. The molecule has 7 nitrogen and oxygen atoms in total. The lowest BCUT2D eigenvalue weighted by molar-refractivity contribution is -0.150. The van der Waals surface area contributed by atoms with Crippen LogP contribution in [0.1, 0.15) is 75.1 Å². The summed E-state index contributed by atoms with van der Waals surface area (Å²) in [7, 11) is 1.44. The van der Waals surface area contributed by atoms with Crippen molar-refractivity contribution in [2.24, 2.45) is 29.6 Å². The smallest absolute Gasteiger partial charge is 0.305 e. The van der Waals surface area contributed by atoms with E-state index in [0.29, 0.717) is 42.2 Å². The summed E-state index contributed by atoms with van der Waals surface area (Å²) in [5.41, 5.74) is 0.216. The fourth-order valence-corrected chi connectivity index (χ4v) is 8.44. The van der Waals surface area contributed by atoms with Crippen LogP contribution in [0.25, 0.3) is 0 Å². The summed E-state index contributed by atoms with van der Waals surface area (Å²) >= 11 is 1.65. The van der Waals surface area contributed by atoms with Gasteiger partial charge in [0.15, 0.2) is 0 Å². The topological polar surface area (TPSA) is 91.8 Å². The van der Waals surface area contributed by atoms with Crippen molar-refractivity contribution >= 4 is 29.5 Å². The van der Waals surface area contributed by atoms with Gasteiger partial charge in [-0.15, -0.1) is 11.8 Å². The lowest BCUT2D eigenvalue weighted by Crippen LogP contribution is -2.56. The molecule has 4 bridgehead atoms. The molecular formula is C28H41N3O4S. The van der Waals surface area contributed by atoms with Gasteiger partial charge < -0.3 is 20.1 Å². The van der Waals surface area contributed by atoms with Crippen molar-refractivity contribution in [1.29, 1.82) is 0 Å². The number of esters is 1. The number of pyridine rings is 1. The monoisotopic (exact) mass is 515 g/mol. The number of piperidine rings is 1. The van der Waals surface area contributed by atoms with Crippen molar-refractivity contribution in [1.82, 2.24) is 10.3 Å². The van der Waals surface area contributed by atoms with Crippen LogP contribution < -0.4 is 10.2 Å².